The van der Waals surface area contributed by atoms with Crippen LogP contribution in [-0.2, 0) is 32.6 Å². The van der Waals surface area contributed by atoms with Crippen molar-refractivity contribution in [3.8, 4) is 0 Å². The molecule has 33 nitrogen and oxygen atoms in total. The number of aromatic amines is 4. The van der Waals surface area contributed by atoms with Crippen molar-refractivity contribution in [3.63, 3.8) is 0 Å². The van der Waals surface area contributed by atoms with Gasteiger partial charge in [-0.3, -0.25) is 42.1 Å². The molecule has 6 unspecified atom stereocenters. The summed E-state index contributed by atoms with van der Waals surface area (Å²) >= 11 is 6.15. The van der Waals surface area contributed by atoms with Crippen LogP contribution in [0.5, 0.6) is 0 Å². The van der Waals surface area contributed by atoms with E-state index in [4.69, 9.17) is 44.0 Å². The zero-order chi connectivity index (χ0) is 74.1. The van der Waals surface area contributed by atoms with Crippen molar-refractivity contribution in [2.24, 2.45) is 17.8 Å². The van der Waals surface area contributed by atoms with E-state index in [0.717, 1.165) is 12.8 Å². The quantitative estimate of drug-likeness (QED) is 0.0264. The first kappa shape index (κ1) is 84.9. The van der Waals surface area contributed by atoms with Gasteiger partial charge in [-0.2, -0.15) is 11.1 Å². The fraction of sp³-hybridized carbons (Fsp3) is 0.692. The van der Waals surface area contributed by atoms with Crippen LogP contribution in [0.1, 0.15) is 172 Å². The average Bonchev–Trinajstić information content (AvgIpc) is 1.63. The minimum Gasteiger partial charge on any atom is -0.394 e. The third kappa shape index (κ3) is 18.2. The Morgan fingerprint density at radius 1 is 0.569 bits per heavy atom. The van der Waals surface area contributed by atoms with Crippen LogP contribution >= 0.6 is 27.6 Å². The molecule has 4 aliphatic heterocycles. The van der Waals surface area contributed by atoms with Crippen molar-refractivity contribution in [1.82, 2.24) is 82.7 Å². The molecule has 9 N–H and O–H groups in total. The summed E-state index contributed by atoms with van der Waals surface area (Å²) in [5.74, 6) is 1.84. The van der Waals surface area contributed by atoms with Gasteiger partial charge in [-0.05, 0) is 86.4 Å². The maximum absolute atomic E-state index is 12.3. The fourth-order valence-corrected chi connectivity index (χ4v) is 15.0. The molecule has 0 saturated carbocycles. The molecule has 568 valence electrons. The number of rotatable bonds is 15. The normalized spacial score (nSPS) is 26.9. The van der Waals surface area contributed by atoms with Gasteiger partial charge in [0.25, 0.3) is 22.2 Å². The highest BCUT2D eigenvalue weighted by atomic mass is 35.6. The Morgan fingerprint density at radius 3 is 1.19 bits per heavy atom. The summed E-state index contributed by atoms with van der Waals surface area (Å²) < 4.78 is 55.4. The lowest BCUT2D eigenvalue weighted by atomic mass is 9.99. The summed E-state index contributed by atoms with van der Waals surface area (Å²) in [5, 5.41) is 40.1. The highest BCUT2D eigenvalue weighted by Crippen LogP contribution is 2.50. The van der Waals surface area contributed by atoms with Crippen LogP contribution in [0.3, 0.4) is 0 Å². The third-order valence-corrected chi connectivity index (χ3v) is 26.6. The maximum atomic E-state index is 12.3. The van der Waals surface area contributed by atoms with E-state index in [9.17, 15) is 44.2 Å². The lowest BCUT2D eigenvalue weighted by molar-refractivity contribution is -0.0450. The molecule has 8 aromatic heterocycles. The molecular formula is C65H107ClN17O16P2Si+. The van der Waals surface area contributed by atoms with Gasteiger partial charge in [0.05, 0.1) is 56.3 Å². The standard InChI is InChI=1S/C20H34N5O3P.C13H18N4O3.C12H15N4O6P.C12H16N4O4.C6H15ClSi.2CH4/c1-9-15-13(6)17(28-29(8)25(11(2)3)12(4)5)20(27-15)24-10-21-16-18(24)22-14(7)23-19(16)26;1-4-8-6(2)10(18)13(20-8)17-5-14-9-11(17)15-7(3)16-12(9)19;1-5-7(3-17)21-12(9(5)22-23(19)20)16-4-13-8-10(16)14-6(2)15-11(8)18;1-3-6-8(17)9(18)12(20-6)16-4-13-7-10(16)14-5(2)15-11(7)19;1-6(2,3)8(4,5)7;;/h10-13,15,17,20H,9H2,1-8H3,(H,22,23,26);5-6,8,10,13,18H,4H2,1-3H3,(H,15,16,19);4-5,7,9,12,17H,3H2,1-2H3,(H-,14,15,18,19,20);4,6,8-9,12,17-18H,3H2,1-2H3,(H,14,15,19);1-5H3;2*1H4/p+1/t13?,15-,17+,20-,29?;6?,8-,10+,13-;5?,7-,9+,12-;6-,8?,9+,12-;;;/m1111.../s1. The number of halogens is 1. The molecule has 0 amide bonds. The van der Waals surface area contributed by atoms with Crippen molar-refractivity contribution >= 4 is 79.7 Å². The average molecular weight is 1510 g/mol. The second-order valence-electron chi connectivity index (χ2n) is 27.8. The minimum absolute atomic E-state index is 0. The van der Waals surface area contributed by atoms with Crippen LogP contribution < -0.4 is 22.2 Å². The summed E-state index contributed by atoms with van der Waals surface area (Å²) in [4.78, 5) is 101. The van der Waals surface area contributed by atoms with E-state index in [0.29, 0.717) is 69.3 Å². The van der Waals surface area contributed by atoms with Gasteiger partial charge in [0.1, 0.15) is 56.0 Å². The van der Waals surface area contributed by atoms with Crippen LogP contribution in [0.4, 0.5) is 0 Å². The first-order chi connectivity index (χ1) is 46.9. The first-order valence-corrected chi connectivity index (χ1v) is 40.4. The SMILES string of the molecule is C.C.CC(C)(C)[Si](C)(C)Cl.CC[C@H]1O[C@@H](n2cnc3c(=O)[nH]c(C)nc32)[C@@H](O)C1C.CC[C@H]1O[C@@H](n2cnc3c(=O)[nH]c(C)nc32)[C@@H](O)C1O.CC[C@H]1O[C@@H](n2cnc3c(=O)[nH]c(C)nc32)[C@@H](OP(C)N(C(C)C)C(C)C)C1C.Cc1nc2c(ncn2[C@@H]2O[C@H](CO)C(C)[C@@H]2O[P+](=O)O)c(=O)[nH]1. The number of imidazole rings is 4. The molecule has 12 rings (SSSR count). The summed E-state index contributed by atoms with van der Waals surface area (Å²) in [7, 11) is -5.05. The molecule has 0 spiro atoms. The van der Waals surface area contributed by atoms with E-state index >= 15 is 0 Å². The second kappa shape index (κ2) is 34.9. The molecule has 0 aromatic carbocycles. The number of fused-ring (bicyclic) bond motifs is 4. The van der Waals surface area contributed by atoms with E-state index in [1.54, 1.807) is 45.5 Å². The lowest BCUT2D eigenvalue weighted by Gasteiger charge is -2.37. The molecule has 18 atom stereocenters. The number of hydrogen-bond acceptors (Lipinski definition) is 24. The van der Waals surface area contributed by atoms with Crippen LogP contribution in [0.15, 0.2) is 44.5 Å². The molecule has 12 heterocycles. The molecule has 8 aromatic rings. The number of hydrogen-bond donors (Lipinski definition) is 9. The summed E-state index contributed by atoms with van der Waals surface area (Å²) in [5.41, 5.74) is 1.26. The number of aliphatic hydroxyl groups is 4. The Balaban J connectivity index is 0.000000207. The van der Waals surface area contributed by atoms with Gasteiger partial charge < -0.3 is 63.8 Å². The third-order valence-electron chi connectivity index (χ3n) is 18.8. The molecule has 102 heavy (non-hydrogen) atoms. The summed E-state index contributed by atoms with van der Waals surface area (Å²) in [6, 6.07) is 0.780. The summed E-state index contributed by atoms with van der Waals surface area (Å²) in [6.45, 7) is 40.3. The minimum atomic E-state index is -2.85. The second-order valence-corrected chi connectivity index (χ2v) is 37.3. The van der Waals surface area contributed by atoms with Gasteiger partial charge in [0.2, 0.25) is 0 Å². The van der Waals surface area contributed by atoms with Crippen LogP contribution in [0.25, 0.3) is 44.7 Å². The van der Waals surface area contributed by atoms with Crippen molar-refractivity contribution in [2.75, 3.05) is 13.3 Å². The Kier molecular flexibility index (Phi) is 29.1. The van der Waals surface area contributed by atoms with Crippen molar-refractivity contribution < 1.29 is 57.9 Å². The number of aromatic nitrogens is 16. The molecule has 4 saturated heterocycles. The van der Waals surface area contributed by atoms with Gasteiger partial charge in [-0.25, -0.2) is 39.9 Å². The lowest BCUT2D eigenvalue weighted by Crippen LogP contribution is -2.35. The maximum Gasteiger partial charge on any atom is 0.695 e. The van der Waals surface area contributed by atoms with Crippen molar-refractivity contribution in [2.45, 2.75) is 262 Å². The number of aryl methyl sites for hydroxylation is 4. The van der Waals surface area contributed by atoms with E-state index in [-0.39, 0.29) is 108 Å². The molecule has 4 fully saturated rings. The van der Waals surface area contributed by atoms with Crippen LogP contribution in [0.2, 0.25) is 18.1 Å². The first-order valence-electron chi connectivity index (χ1n) is 33.6. The Morgan fingerprint density at radius 2 is 0.873 bits per heavy atom. The van der Waals surface area contributed by atoms with Gasteiger partial charge >= 0.3 is 8.25 Å². The smallest absolute Gasteiger partial charge is 0.394 e. The largest absolute Gasteiger partial charge is 0.695 e. The molecular weight excluding hydrogens is 1400 g/mol. The van der Waals surface area contributed by atoms with E-state index in [2.05, 4.69) is 147 Å². The van der Waals surface area contributed by atoms with E-state index in [1.165, 1.54) is 28.1 Å². The van der Waals surface area contributed by atoms with Crippen molar-refractivity contribution in [1.29, 1.82) is 0 Å². The monoisotopic (exact) mass is 1510 g/mol. The molecule has 37 heteroatoms. The Hall–Kier alpha value is -6.04. The highest BCUT2D eigenvalue weighted by molar-refractivity contribution is 7.49. The molecule has 0 radical (unpaired) electrons. The van der Waals surface area contributed by atoms with Gasteiger partial charge in [0, 0.05) is 34.4 Å². The predicted molar refractivity (Wildman–Crippen MR) is 392 cm³/mol. The molecule has 0 aliphatic carbocycles. The van der Waals surface area contributed by atoms with Crippen LogP contribution in [-0.4, -0.2) is 196 Å². The number of ether oxygens (including phenoxy) is 4. The van der Waals surface area contributed by atoms with Crippen LogP contribution in [0, 0.1) is 45.4 Å². The Bertz CT molecular complexity index is 4220. The summed E-state index contributed by atoms with van der Waals surface area (Å²) in [6.07, 6.45) is 1.12. The van der Waals surface area contributed by atoms with Crippen molar-refractivity contribution in [3.05, 3.63) is 90.0 Å². The zero-order valence-corrected chi connectivity index (χ0v) is 63.9. The van der Waals surface area contributed by atoms with Gasteiger partial charge in [-0.15, -0.1) is 9.42 Å². The Labute approximate surface area is 600 Å². The predicted octanol–water partition coefficient (Wildman–Crippen LogP) is 8.50. The highest BCUT2D eigenvalue weighted by Gasteiger charge is 2.50. The number of nitrogens with zero attached hydrogens (tertiary/aromatic N) is 13. The fourth-order valence-electron chi connectivity index (χ4n) is 12.5. The van der Waals surface area contributed by atoms with Gasteiger partial charge in [-0.1, -0.05) is 90.3 Å². The van der Waals surface area contributed by atoms with E-state index < -0.39 is 79.2 Å². The zero-order valence-electron chi connectivity index (χ0n) is 60.3. The number of nitrogens with one attached hydrogen (secondary N) is 4. The van der Waals surface area contributed by atoms with Gasteiger partial charge in [0.15, 0.2) is 83.1 Å². The molecule has 4 aliphatic rings. The number of H-pyrrole nitrogens is 4. The number of aliphatic hydroxyl groups excluding tert-OH is 4. The van der Waals surface area contributed by atoms with E-state index in [1.807, 2.05) is 25.3 Å². The topological polar surface area (TPSA) is 431 Å². The molecule has 0 bridgehead atoms.